The largest absolute Gasteiger partial charge is 0.315 e. The molecule has 1 atom stereocenters. The Morgan fingerprint density at radius 1 is 1.40 bits per heavy atom. The van der Waals surface area contributed by atoms with E-state index in [1.165, 1.54) is 6.07 Å². The number of nitrogens with one attached hydrogen (secondary N) is 1. The van der Waals surface area contributed by atoms with Crippen molar-refractivity contribution in [2.45, 2.75) is 12.8 Å². The molecule has 0 amide bonds. The van der Waals surface area contributed by atoms with E-state index in [0.717, 1.165) is 31.5 Å². The molecule has 20 heavy (non-hydrogen) atoms. The lowest BCUT2D eigenvalue weighted by Gasteiger charge is -2.47. The van der Waals surface area contributed by atoms with Crippen LogP contribution in [0.25, 0.3) is 0 Å². The highest BCUT2D eigenvalue weighted by atomic mass is 35.5. The molecule has 0 aromatic heterocycles. The van der Waals surface area contributed by atoms with Crippen molar-refractivity contribution in [3.8, 4) is 0 Å². The summed E-state index contributed by atoms with van der Waals surface area (Å²) in [5.41, 5.74) is 0.951. The van der Waals surface area contributed by atoms with E-state index in [1.807, 2.05) is 0 Å². The molecular weight excluding hydrogens is 301 g/mol. The minimum atomic E-state index is -2.88. The summed E-state index contributed by atoms with van der Waals surface area (Å²) in [6, 6.07) is 4.77. The maximum Gasteiger partial charge on any atom is 0.150 e. The number of hydrogen-bond acceptors (Lipinski definition) is 3. The lowest BCUT2D eigenvalue weighted by molar-refractivity contribution is 0.0924. The van der Waals surface area contributed by atoms with Crippen LogP contribution in [0, 0.1) is 17.2 Å². The van der Waals surface area contributed by atoms with Gasteiger partial charge in [-0.1, -0.05) is 17.7 Å². The van der Waals surface area contributed by atoms with Crippen LogP contribution in [0.5, 0.6) is 0 Å². The van der Waals surface area contributed by atoms with E-state index in [4.69, 9.17) is 11.6 Å². The quantitative estimate of drug-likeness (QED) is 0.928. The van der Waals surface area contributed by atoms with E-state index >= 15 is 0 Å². The first-order chi connectivity index (χ1) is 9.40. The molecule has 0 bridgehead atoms. The highest BCUT2D eigenvalue weighted by Gasteiger charge is 2.48. The summed E-state index contributed by atoms with van der Waals surface area (Å²) in [4.78, 5) is 0. The molecule has 6 heteroatoms. The average molecular weight is 318 g/mol. The van der Waals surface area contributed by atoms with Gasteiger partial charge in [0.1, 0.15) is 5.82 Å². The fourth-order valence-corrected chi connectivity index (χ4v) is 5.48. The maximum absolute atomic E-state index is 13.2. The lowest BCUT2D eigenvalue weighted by atomic mass is 9.67. The lowest BCUT2D eigenvalue weighted by Crippen LogP contribution is -2.59. The average Bonchev–Trinajstić information content (AvgIpc) is 2.69. The first-order valence-electron chi connectivity index (χ1n) is 6.75. The van der Waals surface area contributed by atoms with E-state index in [0.29, 0.717) is 5.75 Å². The van der Waals surface area contributed by atoms with E-state index in [1.54, 1.807) is 12.1 Å². The van der Waals surface area contributed by atoms with Crippen LogP contribution >= 0.6 is 11.6 Å². The van der Waals surface area contributed by atoms with Crippen LogP contribution in [0.4, 0.5) is 4.39 Å². The van der Waals surface area contributed by atoms with Crippen molar-refractivity contribution >= 4 is 21.4 Å². The van der Waals surface area contributed by atoms with Crippen molar-refractivity contribution in [2.24, 2.45) is 11.3 Å². The van der Waals surface area contributed by atoms with Crippen molar-refractivity contribution < 1.29 is 12.8 Å². The monoisotopic (exact) mass is 317 g/mol. The van der Waals surface area contributed by atoms with Gasteiger partial charge in [0.05, 0.1) is 16.5 Å². The standard InChI is InChI=1S/C14H17ClFNO2S/c15-12-5-10(1-2-13(12)16)6-14(8-17-9-14)11-3-4-20(18,19)7-11/h1-2,5,11,17H,3-4,6-9H2. The Morgan fingerprint density at radius 2 is 2.15 bits per heavy atom. The third-order valence-corrected chi connectivity index (χ3v) is 6.65. The molecule has 2 aliphatic rings. The summed E-state index contributed by atoms with van der Waals surface area (Å²) in [5.74, 6) is 0.352. The molecule has 0 radical (unpaired) electrons. The molecule has 2 fully saturated rings. The Balaban J connectivity index is 1.81. The molecule has 0 saturated carbocycles. The van der Waals surface area contributed by atoms with Crippen molar-refractivity contribution in [3.05, 3.63) is 34.6 Å². The summed E-state index contributed by atoms with van der Waals surface area (Å²) in [6.07, 6.45) is 1.49. The SMILES string of the molecule is O=S1(=O)CCC(C2(Cc3ccc(F)c(Cl)c3)CNC2)C1. The summed E-state index contributed by atoms with van der Waals surface area (Å²) in [6.45, 7) is 1.64. The summed E-state index contributed by atoms with van der Waals surface area (Å²) in [5, 5.41) is 3.38. The highest BCUT2D eigenvalue weighted by Crippen LogP contribution is 2.42. The van der Waals surface area contributed by atoms with Crippen molar-refractivity contribution in [3.63, 3.8) is 0 Å². The molecule has 1 aromatic carbocycles. The molecule has 3 nitrogen and oxygen atoms in total. The van der Waals surface area contributed by atoms with Crippen LogP contribution in [0.15, 0.2) is 18.2 Å². The third-order valence-electron chi connectivity index (χ3n) is 4.59. The van der Waals surface area contributed by atoms with Crippen molar-refractivity contribution in [1.29, 1.82) is 0 Å². The Labute approximate surface area is 123 Å². The first-order valence-corrected chi connectivity index (χ1v) is 8.95. The molecule has 2 heterocycles. The number of rotatable bonds is 3. The summed E-state index contributed by atoms with van der Waals surface area (Å²) in [7, 11) is -2.88. The zero-order valence-corrected chi connectivity index (χ0v) is 12.6. The number of benzene rings is 1. The second kappa shape index (κ2) is 4.97. The number of sulfone groups is 1. The minimum Gasteiger partial charge on any atom is -0.315 e. The van der Waals surface area contributed by atoms with Gasteiger partial charge in [-0.05, 0) is 36.5 Å². The van der Waals surface area contributed by atoms with E-state index in [9.17, 15) is 12.8 Å². The second-order valence-electron chi connectivity index (χ2n) is 5.99. The van der Waals surface area contributed by atoms with Gasteiger partial charge in [-0.3, -0.25) is 0 Å². The van der Waals surface area contributed by atoms with Crippen LogP contribution in [0.1, 0.15) is 12.0 Å². The van der Waals surface area contributed by atoms with Crippen LogP contribution < -0.4 is 5.32 Å². The molecule has 2 saturated heterocycles. The Hall–Kier alpha value is -0.650. The predicted molar refractivity (Wildman–Crippen MR) is 77.2 cm³/mol. The van der Waals surface area contributed by atoms with Gasteiger partial charge in [-0.2, -0.15) is 0 Å². The summed E-state index contributed by atoms with van der Waals surface area (Å²) < 4.78 is 36.6. The smallest absolute Gasteiger partial charge is 0.150 e. The molecular formula is C14H17ClFNO2S. The molecule has 3 rings (SSSR count). The first kappa shape index (κ1) is 14.3. The molecule has 1 unspecified atom stereocenters. The zero-order valence-electron chi connectivity index (χ0n) is 11.0. The number of hydrogen-bond donors (Lipinski definition) is 1. The van der Waals surface area contributed by atoms with Gasteiger partial charge in [0, 0.05) is 18.5 Å². The van der Waals surface area contributed by atoms with Gasteiger partial charge in [-0.15, -0.1) is 0 Å². The molecule has 2 aliphatic heterocycles. The van der Waals surface area contributed by atoms with E-state index in [2.05, 4.69) is 5.32 Å². The van der Waals surface area contributed by atoms with Crippen LogP contribution in [-0.2, 0) is 16.3 Å². The molecule has 1 aromatic rings. The highest BCUT2D eigenvalue weighted by molar-refractivity contribution is 7.91. The molecule has 0 aliphatic carbocycles. The van der Waals surface area contributed by atoms with Gasteiger partial charge in [0.25, 0.3) is 0 Å². The van der Waals surface area contributed by atoms with Gasteiger partial charge >= 0.3 is 0 Å². The van der Waals surface area contributed by atoms with Crippen LogP contribution in [0.2, 0.25) is 5.02 Å². The predicted octanol–water partition coefficient (Wildman–Crippen LogP) is 2.05. The van der Waals surface area contributed by atoms with Crippen molar-refractivity contribution in [2.75, 3.05) is 24.6 Å². The van der Waals surface area contributed by atoms with E-state index < -0.39 is 15.7 Å². The van der Waals surface area contributed by atoms with E-state index in [-0.39, 0.29) is 22.1 Å². The number of halogens is 2. The normalized spacial score (nSPS) is 27.2. The fraction of sp³-hybridized carbons (Fsp3) is 0.571. The van der Waals surface area contributed by atoms with Gasteiger partial charge in [0.15, 0.2) is 9.84 Å². The van der Waals surface area contributed by atoms with Crippen molar-refractivity contribution in [1.82, 2.24) is 5.32 Å². The Bertz CT molecular complexity index is 628. The fourth-order valence-electron chi connectivity index (χ4n) is 3.34. The molecule has 0 spiro atoms. The molecule has 110 valence electrons. The molecule has 1 N–H and O–H groups in total. The van der Waals surface area contributed by atoms with Gasteiger partial charge < -0.3 is 5.32 Å². The third kappa shape index (κ3) is 2.59. The Kier molecular flexibility index (Phi) is 3.55. The topological polar surface area (TPSA) is 46.2 Å². The van der Waals surface area contributed by atoms with Crippen LogP contribution in [0.3, 0.4) is 0 Å². The van der Waals surface area contributed by atoms with Gasteiger partial charge in [0.2, 0.25) is 0 Å². The van der Waals surface area contributed by atoms with Gasteiger partial charge in [-0.25, -0.2) is 12.8 Å². The maximum atomic E-state index is 13.2. The minimum absolute atomic E-state index is 0.0231. The van der Waals surface area contributed by atoms with Crippen LogP contribution in [-0.4, -0.2) is 33.0 Å². The second-order valence-corrected chi connectivity index (χ2v) is 8.63. The summed E-state index contributed by atoms with van der Waals surface area (Å²) >= 11 is 5.82. The Morgan fingerprint density at radius 3 is 2.65 bits per heavy atom. The zero-order chi connectivity index (χ0) is 14.4.